The first kappa shape index (κ1) is 29.5. The van der Waals surface area contributed by atoms with Gasteiger partial charge in [0.15, 0.2) is 16.6 Å². The van der Waals surface area contributed by atoms with Crippen LogP contribution in [0.5, 0.6) is 11.5 Å². The predicted molar refractivity (Wildman–Crippen MR) is 150 cm³/mol. The second-order valence-corrected chi connectivity index (χ2v) is 12.7. The second kappa shape index (κ2) is 11.5. The van der Waals surface area contributed by atoms with Gasteiger partial charge in [0.1, 0.15) is 16.6 Å². The molecule has 2 aromatic carbocycles. The third kappa shape index (κ3) is 6.12. The van der Waals surface area contributed by atoms with E-state index in [1.54, 1.807) is 12.1 Å². The largest absolute Gasteiger partial charge is 0.495 e. The number of sulfonamides is 1. The van der Waals surface area contributed by atoms with Gasteiger partial charge in [-0.05, 0) is 48.8 Å². The lowest BCUT2D eigenvalue weighted by Crippen LogP contribution is -2.15. The summed E-state index contributed by atoms with van der Waals surface area (Å²) in [7, 11) is -3.18. The molecule has 214 valence electrons. The summed E-state index contributed by atoms with van der Waals surface area (Å²) in [4.78, 5) is 15.4. The number of nitrogens with zero attached hydrogens (tertiary/aromatic N) is 1. The first-order valence-corrected chi connectivity index (χ1v) is 15.0. The minimum absolute atomic E-state index is 0.0903. The van der Waals surface area contributed by atoms with Crippen LogP contribution in [0.25, 0.3) is 16.1 Å². The molecule has 0 saturated carbocycles. The van der Waals surface area contributed by atoms with Gasteiger partial charge in [-0.25, -0.2) is 18.6 Å². The summed E-state index contributed by atoms with van der Waals surface area (Å²) in [5.41, 5.74) is 0.968. The average Bonchev–Trinajstić information content (AvgIpc) is 3.39. The Balaban J connectivity index is 1.68. The van der Waals surface area contributed by atoms with E-state index in [9.17, 15) is 17.6 Å². The van der Waals surface area contributed by atoms with Crippen LogP contribution in [-0.2, 0) is 10.0 Å². The number of carboxylic acid groups (broad SMARTS) is 1. The third-order valence-electron chi connectivity index (χ3n) is 6.62. The Morgan fingerprint density at radius 2 is 1.95 bits per heavy atom. The van der Waals surface area contributed by atoms with E-state index in [2.05, 4.69) is 29.6 Å². The van der Waals surface area contributed by atoms with Crippen LogP contribution >= 0.6 is 11.3 Å². The molecule has 0 amide bonds. The van der Waals surface area contributed by atoms with Crippen molar-refractivity contribution in [2.45, 2.75) is 51.5 Å². The van der Waals surface area contributed by atoms with E-state index in [1.165, 1.54) is 12.5 Å². The van der Waals surface area contributed by atoms with E-state index >= 15 is 4.39 Å². The van der Waals surface area contributed by atoms with Gasteiger partial charge in [-0.15, -0.1) is 11.3 Å². The van der Waals surface area contributed by atoms with Crippen LogP contribution in [0.15, 0.2) is 40.7 Å². The highest BCUT2D eigenvalue weighted by Gasteiger charge is 2.27. The second-order valence-electron chi connectivity index (χ2n) is 10.2. The summed E-state index contributed by atoms with van der Waals surface area (Å²) in [6, 6.07) is 4.93. The Hall–Kier alpha value is -3.51. The van der Waals surface area contributed by atoms with Gasteiger partial charge < -0.3 is 14.6 Å². The number of hydrogen-bond acceptors (Lipinski definition) is 7. The first-order valence-electron chi connectivity index (χ1n) is 12.6. The molecular weight excluding hydrogens is 562 g/mol. The van der Waals surface area contributed by atoms with E-state index in [0.717, 1.165) is 42.2 Å². The highest BCUT2D eigenvalue weighted by molar-refractivity contribution is 7.92. The Labute approximate surface area is 235 Å². The molecule has 2 N–H and O–H groups in total. The minimum Gasteiger partial charge on any atom is -0.495 e. The first-order chi connectivity index (χ1) is 18.9. The molecule has 1 aliphatic rings. The number of allylic oxidation sites excluding steroid dienone is 2. The molecule has 4 rings (SSSR count). The summed E-state index contributed by atoms with van der Waals surface area (Å²) in [5.74, 6) is -3.40. The quantitative estimate of drug-likeness (QED) is 0.261. The highest BCUT2D eigenvalue weighted by atomic mass is 32.2. The summed E-state index contributed by atoms with van der Waals surface area (Å²) in [5, 5.41) is 10.0. The Kier molecular flexibility index (Phi) is 8.50. The number of carbonyl (C=O) groups is 1. The fourth-order valence-corrected chi connectivity index (χ4v) is 6.48. The fourth-order valence-electron chi connectivity index (χ4n) is 4.31. The lowest BCUT2D eigenvalue weighted by molar-refractivity contribution is 0.0691. The van der Waals surface area contributed by atoms with Crippen molar-refractivity contribution in [2.24, 2.45) is 5.41 Å². The number of rotatable bonds is 10. The number of aromatic carboxylic acids is 1. The maximum absolute atomic E-state index is 15.9. The molecule has 40 heavy (non-hydrogen) atoms. The molecule has 0 atom stereocenters. The van der Waals surface area contributed by atoms with Crippen molar-refractivity contribution in [1.82, 2.24) is 4.98 Å². The molecule has 0 aliphatic heterocycles. The summed E-state index contributed by atoms with van der Waals surface area (Å²) >= 11 is 0.924. The lowest BCUT2D eigenvalue weighted by Gasteiger charge is -2.29. The number of hydrogen-bond donors (Lipinski definition) is 2. The van der Waals surface area contributed by atoms with Crippen LogP contribution in [0, 0.1) is 17.0 Å². The standard InChI is InChI=1S/C28H30F2N2O6S2/c1-5-12-38-25-17(16-8-10-28(2,3)11-9-16)6-7-18(24(25)30)26-31-23(15-39-26)40(35,36)32-21-14-20(29)19(27(33)34)13-22(21)37-4/h6-8,13-15,32H,5,9-12H2,1-4H3,(H,33,34). The summed E-state index contributed by atoms with van der Waals surface area (Å²) < 4.78 is 69.3. The van der Waals surface area contributed by atoms with Crippen molar-refractivity contribution in [3.8, 4) is 22.1 Å². The monoisotopic (exact) mass is 592 g/mol. The van der Waals surface area contributed by atoms with Gasteiger partial charge in [-0.3, -0.25) is 4.72 Å². The fraction of sp³-hybridized carbons (Fsp3) is 0.357. The van der Waals surface area contributed by atoms with Gasteiger partial charge in [0, 0.05) is 17.0 Å². The Morgan fingerprint density at radius 3 is 2.58 bits per heavy atom. The molecule has 0 saturated heterocycles. The Bertz CT molecular complexity index is 1580. The molecular formula is C28H30F2N2O6S2. The molecule has 0 bridgehead atoms. The van der Waals surface area contributed by atoms with Crippen molar-refractivity contribution < 1.29 is 36.6 Å². The maximum Gasteiger partial charge on any atom is 0.338 e. The van der Waals surface area contributed by atoms with Crippen LogP contribution in [0.4, 0.5) is 14.5 Å². The van der Waals surface area contributed by atoms with Crippen LogP contribution in [-0.4, -0.2) is 38.2 Å². The minimum atomic E-state index is -4.36. The summed E-state index contributed by atoms with van der Waals surface area (Å²) in [6.07, 6.45) is 5.42. The van der Waals surface area contributed by atoms with E-state index in [-0.39, 0.29) is 33.2 Å². The molecule has 8 nitrogen and oxygen atoms in total. The molecule has 3 aromatic rings. The number of benzene rings is 2. The third-order valence-corrected chi connectivity index (χ3v) is 8.89. The lowest BCUT2D eigenvalue weighted by atomic mass is 9.77. The number of anilines is 1. The normalized spacial score (nSPS) is 14.9. The van der Waals surface area contributed by atoms with Crippen molar-refractivity contribution in [2.75, 3.05) is 18.4 Å². The van der Waals surface area contributed by atoms with Gasteiger partial charge in [0.25, 0.3) is 10.0 Å². The van der Waals surface area contributed by atoms with Crippen molar-refractivity contribution in [3.63, 3.8) is 0 Å². The molecule has 0 unspecified atom stereocenters. The number of methoxy groups -OCH3 is 1. The van der Waals surface area contributed by atoms with E-state index in [0.29, 0.717) is 24.7 Å². The van der Waals surface area contributed by atoms with Crippen molar-refractivity contribution in [1.29, 1.82) is 0 Å². The zero-order valence-corrected chi connectivity index (χ0v) is 24.1. The van der Waals surface area contributed by atoms with E-state index < -0.39 is 38.2 Å². The van der Waals surface area contributed by atoms with Gasteiger partial charge in [0.2, 0.25) is 0 Å². The molecule has 0 spiro atoms. The molecule has 1 aromatic heterocycles. The number of halogens is 2. The van der Waals surface area contributed by atoms with E-state index in [4.69, 9.17) is 14.6 Å². The Morgan fingerprint density at radius 1 is 1.23 bits per heavy atom. The van der Waals surface area contributed by atoms with Gasteiger partial charge in [-0.2, -0.15) is 8.42 Å². The van der Waals surface area contributed by atoms with Gasteiger partial charge in [0.05, 0.1) is 30.5 Å². The van der Waals surface area contributed by atoms with Crippen LogP contribution < -0.4 is 14.2 Å². The molecule has 0 fully saturated rings. The molecule has 0 radical (unpaired) electrons. The van der Waals surface area contributed by atoms with Gasteiger partial charge >= 0.3 is 5.97 Å². The van der Waals surface area contributed by atoms with E-state index in [1.807, 2.05) is 6.92 Å². The summed E-state index contributed by atoms with van der Waals surface area (Å²) in [6.45, 7) is 6.62. The molecule has 1 aliphatic carbocycles. The molecule has 12 heteroatoms. The number of carboxylic acids is 1. The predicted octanol–water partition coefficient (Wildman–Crippen LogP) is 6.98. The van der Waals surface area contributed by atoms with Crippen LogP contribution in [0.1, 0.15) is 62.4 Å². The number of aromatic nitrogens is 1. The van der Waals surface area contributed by atoms with Crippen molar-refractivity contribution in [3.05, 3.63) is 58.5 Å². The van der Waals surface area contributed by atoms with Crippen LogP contribution in [0.2, 0.25) is 0 Å². The zero-order chi connectivity index (χ0) is 29.2. The maximum atomic E-state index is 15.9. The topological polar surface area (TPSA) is 115 Å². The van der Waals surface area contributed by atoms with Gasteiger partial charge in [-0.1, -0.05) is 32.9 Å². The SMILES string of the molecule is CCCOc1c(C2=CCC(C)(C)CC2)ccc(-c2nc(S(=O)(=O)Nc3cc(F)c(C(=O)O)cc3OC)cs2)c1F. The smallest absolute Gasteiger partial charge is 0.338 e. The number of nitrogens with one attached hydrogen (secondary N) is 1. The average molecular weight is 593 g/mol. The number of thiazole rings is 1. The zero-order valence-electron chi connectivity index (χ0n) is 22.5. The molecule has 1 heterocycles. The van der Waals surface area contributed by atoms with Crippen LogP contribution in [0.3, 0.4) is 0 Å². The number of ether oxygens (including phenoxy) is 2. The van der Waals surface area contributed by atoms with Crippen molar-refractivity contribution >= 4 is 38.6 Å². The highest BCUT2D eigenvalue weighted by Crippen LogP contribution is 2.43.